The Morgan fingerprint density at radius 1 is 1.35 bits per heavy atom. The van der Waals surface area contributed by atoms with Gasteiger partial charge in [0, 0.05) is 11.4 Å². The normalized spacial score (nSPS) is 12.3. The van der Waals surface area contributed by atoms with Crippen LogP contribution in [0.3, 0.4) is 0 Å². The maximum atomic E-state index is 6.08. The molecule has 3 aromatic rings. The molecule has 3 rings (SSSR count). The summed E-state index contributed by atoms with van der Waals surface area (Å²) in [4.78, 5) is 8.97. The number of rotatable bonds is 8. The smallest absolute Gasteiger partial charge is 0.239 e. The first-order chi connectivity index (χ1) is 12.6. The summed E-state index contributed by atoms with van der Waals surface area (Å²) < 4.78 is 10.7. The molecule has 0 aliphatic rings. The second-order valence-corrected chi connectivity index (χ2v) is 7.47. The van der Waals surface area contributed by atoms with Gasteiger partial charge < -0.3 is 9.26 Å². The van der Waals surface area contributed by atoms with Gasteiger partial charge in [0.2, 0.25) is 11.0 Å². The number of nitrogens with one attached hydrogen (secondary N) is 1. The third-order valence-corrected chi connectivity index (χ3v) is 4.93. The van der Waals surface area contributed by atoms with Gasteiger partial charge in [0.15, 0.2) is 11.6 Å². The van der Waals surface area contributed by atoms with Crippen molar-refractivity contribution in [3.8, 4) is 17.1 Å². The molecule has 1 atom stereocenters. The van der Waals surface area contributed by atoms with E-state index in [1.807, 2.05) is 6.92 Å². The largest absolute Gasteiger partial charge is 0.496 e. The standard InChI is InChI=1S/C17H20ClN5O2S/c1-4-5-6-14-19-16(25-23-14)10(2)26-17-20-15(21-22-17)12-9-11(18)7-8-13(12)24-3/h7-10H,4-6H2,1-3H3,(H,20,21,22). The van der Waals surface area contributed by atoms with Crippen LogP contribution in [0.2, 0.25) is 5.02 Å². The molecular weight excluding hydrogens is 374 g/mol. The van der Waals surface area contributed by atoms with Crippen LogP contribution in [0.25, 0.3) is 11.4 Å². The highest BCUT2D eigenvalue weighted by molar-refractivity contribution is 7.99. The molecule has 1 N–H and O–H groups in total. The molecule has 9 heteroatoms. The zero-order valence-electron chi connectivity index (χ0n) is 14.8. The minimum Gasteiger partial charge on any atom is -0.496 e. The van der Waals surface area contributed by atoms with Gasteiger partial charge in [-0.25, -0.2) is 4.98 Å². The summed E-state index contributed by atoms with van der Waals surface area (Å²) in [5.74, 6) is 2.59. The van der Waals surface area contributed by atoms with Crippen molar-refractivity contribution in [2.24, 2.45) is 0 Å². The molecule has 0 spiro atoms. The third-order valence-electron chi connectivity index (χ3n) is 3.75. The zero-order valence-corrected chi connectivity index (χ0v) is 16.4. The lowest BCUT2D eigenvalue weighted by atomic mass is 10.2. The van der Waals surface area contributed by atoms with E-state index in [-0.39, 0.29) is 5.25 Å². The van der Waals surface area contributed by atoms with Gasteiger partial charge in [-0.15, -0.1) is 5.10 Å². The van der Waals surface area contributed by atoms with E-state index in [0.717, 1.165) is 30.7 Å². The SMILES string of the molecule is CCCCc1noc(C(C)Sc2n[nH]c(-c3cc(Cl)ccc3OC)n2)n1. The molecule has 1 unspecified atom stereocenters. The Hall–Kier alpha value is -2.06. The van der Waals surface area contributed by atoms with Crippen LogP contribution in [0.15, 0.2) is 27.9 Å². The lowest BCUT2D eigenvalue weighted by molar-refractivity contribution is 0.374. The van der Waals surface area contributed by atoms with Crippen molar-refractivity contribution in [1.29, 1.82) is 0 Å². The molecule has 0 fully saturated rings. The first-order valence-electron chi connectivity index (χ1n) is 8.36. The second kappa shape index (κ2) is 8.55. The molecule has 1 aromatic carbocycles. The highest BCUT2D eigenvalue weighted by Crippen LogP contribution is 2.35. The number of aromatic amines is 1. The van der Waals surface area contributed by atoms with Gasteiger partial charge in [0.1, 0.15) is 5.75 Å². The van der Waals surface area contributed by atoms with E-state index in [0.29, 0.717) is 27.6 Å². The third kappa shape index (κ3) is 4.37. The minimum atomic E-state index is -0.0530. The van der Waals surface area contributed by atoms with E-state index in [4.69, 9.17) is 20.9 Å². The lowest BCUT2D eigenvalue weighted by Crippen LogP contribution is -1.92. The minimum absolute atomic E-state index is 0.0530. The molecule has 0 saturated heterocycles. The van der Waals surface area contributed by atoms with E-state index >= 15 is 0 Å². The Morgan fingerprint density at radius 3 is 2.96 bits per heavy atom. The summed E-state index contributed by atoms with van der Waals surface area (Å²) in [5, 5.41) is 12.3. The van der Waals surface area contributed by atoms with Crippen LogP contribution in [0.1, 0.15) is 43.7 Å². The molecular formula is C17H20ClN5O2S. The number of H-pyrrole nitrogens is 1. The van der Waals surface area contributed by atoms with Crippen LogP contribution in [0, 0.1) is 0 Å². The van der Waals surface area contributed by atoms with Crippen LogP contribution >= 0.6 is 23.4 Å². The van der Waals surface area contributed by atoms with Crippen molar-refractivity contribution >= 4 is 23.4 Å². The fourth-order valence-electron chi connectivity index (χ4n) is 2.36. The number of halogens is 1. The molecule has 7 nitrogen and oxygen atoms in total. The van der Waals surface area contributed by atoms with Crippen LogP contribution in [-0.2, 0) is 6.42 Å². The Bertz CT molecular complexity index is 866. The van der Waals surface area contributed by atoms with E-state index in [1.54, 1.807) is 25.3 Å². The molecule has 2 aromatic heterocycles. The first-order valence-corrected chi connectivity index (χ1v) is 9.62. The predicted molar refractivity (Wildman–Crippen MR) is 101 cm³/mol. The molecule has 0 aliphatic carbocycles. The number of hydrogen-bond donors (Lipinski definition) is 1. The van der Waals surface area contributed by atoms with Crippen LogP contribution < -0.4 is 4.74 Å². The van der Waals surface area contributed by atoms with Crippen molar-refractivity contribution in [2.45, 2.75) is 43.5 Å². The Balaban J connectivity index is 1.72. The van der Waals surface area contributed by atoms with Gasteiger partial charge in [-0.05, 0) is 31.5 Å². The topological polar surface area (TPSA) is 89.7 Å². The van der Waals surface area contributed by atoms with E-state index < -0.39 is 0 Å². The predicted octanol–water partition coefficient (Wildman–Crippen LogP) is 4.71. The Kier molecular flexibility index (Phi) is 6.16. The number of nitrogens with zero attached hydrogens (tertiary/aromatic N) is 4. The summed E-state index contributed by atoms with van der Waals surface area (Å²) in [6.07, 6.45) is 2.98. The highest BCUT2D eigenvalue weighted by atomic mass is 35.5. The summed E-state index contributed by atoms with van der Waals surface area (Å²) >= 11 is 7.53. The number of benzene rings is 1. The van der Waals surface area contributed by atoms with Crippen molar-refractivity contribution < 1.29 is 9.26 Å². The maximum Gasteiger partial charge on any atom is 0.239 e. The molecule has 0 aliphatic heterocycles. The van der Waals surface area contributed by atoms with Crippen molar-refractivity contribution in [3.05, 3.63) is 34.9 Å². The van der Waals surface area contributed by atoms with Gasteiger partial charge in [-0.2, -0.15) is 4.98 Å². The molecule has 0 amide bonds. The van der Waals surface area contributed by atoms with Gasteiger partial charge in [0.05, 0.1) is 17.9 Å². The van der Waals surface area contributed by atoms with Crippen LogP contribution in [0.4, 0.5) is 0 Å². The molecule has 2 heterocycles. The van der Waals surface area contributed by atoms with Gasteiger partial charge in [-0.3, -0.25) is 5.10 Å². The Labute approximate surface area is 160 Å². The van der Waals surface area contributed by atoms with Gasteiger partial charge >= 0.3 is 0 Å². The Morgan fingerprint density at radius 2 is 2.19 bits per heavy atom. The van der Waals surface area contributed by atoms with Gasteiger partial charge in [-0.1, -0.05) is 41.9 Å². The number of ether oxygens (including phenoxy) is 1. The average molecular weight is 394 g/mol. The van der Waals surface area contributed by atoms with Crippen molar-refractivity contribution in [3.63, 3.8) is 0 Å². The quantitative estimate of drug-likeness (QED) is 0.554. The number of thioether (sulfide) groups is 1. The van der Waals surface area contributed by atoms with Crippen LogP contribution in [-0.4, -0.2) is 32.4 Å². The fourth-order valence-corrected chi connectivity index (χ4v) is 3.29. The molecule has 0 saturated carbocycles. The molecule has 138 valence electrons. The van der Waals surface area contributed by atoms with Crippen LogP contribution in [0.5, 0.6) is 5.75 Å². The number of methoxy groups -OCH3 is 1. The highest BCUT2D eigenvalue weighted by Gasteiger charge is 2.19. The summed E-state index contributed by atoms with van der Waals surface area (Å²) in [7, 11) is 1.60. The lowest BCUT2D eigenvalue weighted by Gasteiger charge is -2.05. The number of aromatic nitrogens is 5. The van der Waals surface area contributed by atoms with E-state index in [2.05, 4.69) is 32.2 Å². The molecule has 0 radical (unpaired) electrons. The fraction of sp³-hybridized carbons (Fsp3) is 0.412. The zero-order chi connectivity index (χ0) is 18.5. The molecule has 26 heavy (non-hydrogen) atoms. The number of aryl methyl sites for hydroxylation is 1. The molecule has 0 bridgehead atoms. The first kappa shape index (κ1) is 18.7. The van der Waals surface area contributed by atoms with Crippen molar-refractivity contribution in [2.75, 3.05) is 7.11 Å². The maximum absolute atomic E-state index is 6.08. The monoisotopic (exact) mass is 393 g/mol. The second-order valence-electron chi connectivity index (χ2n) is 5.72. The number of unbranched alkanes of at least 4 members (excludes halogenated alkanes) is 1. The van der Waals surface area contributed by atoms with E-state index in [1.165, 1.54) is 11.8 Å². The summed E-state index contributed by atoms with van der Waals surface area (Å²) in [6.45, 7) is 4.12. The van der Waals surface area contributed by atoms with E-state index in [9.17, 15) is 0 Å². The summed E-state index contributed by atoms with van der Waals surface area (Å²) in [6, 6.07) is 5.35. The summed E-state index contributed by atoms with van der Waals surface area (Å²) in [5.41, 5.74) is 0.756. The van der Waals surface area contributed by atoms with Gasteiger partial charge in [0.25, 0.3) is 0 Å². The van der Waals surface area contributed by atoms with Crippen molar-refractivity contribution in [1.82, 2.24) is 25.3 Å². The average Bonchev–Trinajstić information content (AvgIpc) is 3.29. The number of hydrogen-bond acceptors (Lipinski definition) is 7.